The van der Waals surface area contributed by atoms with Crippen LogP contribution in [0.25, 0.3) is 11.0 Å². The second-order valence-corrected chi connectivity index (χ2v) is 11.1. The van der Waals surface area contributed by atoms with Gasteiger partial charge in [0.1, 0.15) is 24.1 Å². The fraction of sp³-hybridized carbons (Fsp3) is 0.394. The number of primary amides is 1. The van der Waals surface area contributed by atoms with E-state index in [9.17, 15) is 25.2 Å². The number of phenolic OH excluding ortho intramolecular Hbond substituents is 1. The van der Waals surface area contributed by atoms with Gasteiger partial charge in [-0.3, -0.25) is 9.36 Å². The zero-order valence-electron chi connectivity index (χ0n) is 25.6. The van der Waals surface area contributed by atoms with Crippen molar-refractivity contribution in [3.63, 3.8) is 0 Å². The number of phenols is 1. The highest BCUT2D eigenvalue weighted by molar-refractivity contribution is 5.80. The highest BCUT2D eigenvalue weighted by Gasteiger charge is 2.44. The molecule has 1 amide bonds. The average Bonchev–Trinajstić information content (AvgIpc) is 3.56. The maximum atomic E-state index is 12.0. The van der Waals surface area contributed by atoms with Crippen molar-refractivity contribution < 1.29 is 39.4 Å². The number of aliphatic hydroxyl groups is 3. The second-order valence-electron chi connectivity index (χ2n) is 11.1. The molecule has 46 heavy (non-hydrogen) atoms. The average molecular weight is 636 g/mol. The summed E-state index contributed by atoms with van der Waals surface area (Å²) in [6.07, 6.45) is -3.38. The summed E-state index contributed by atoms with van der Waals surface area (Å²) in [5, 5.41) is 46.7. The van der Waals surface area contributed by atoms with Gasteiger partial charge in [0.2, 0.25) is 11.9 Å². The molecule has 0 saturated carbocycles. The maximum Gasteiger partial charge on any atom is 0.234 e. The van der Waals surface area contributed by atoms with Crippen LogP contribution in [0, 0.1) is 0 Å². The van der Waals surface area contributed by atoms with Crippen LogP contribution in [0.2, 0.25) is 0 Å². The van der Waals surface area contributed by atoms with Gasteiger partial charge in [-0.15, -0.1) is 0 Å². The van der Waals surface area contributed by atoms with Crippen LogP contribution < -0.4 is 25.8 Å². The molecule has 4 aromatic rings. The first kappa shape index (κ1) is 33.0. The fourth-order valence-electron chi connectivity index (χ4n) is 5.42. The van der Waals surface area contributed by atoms with E-state index in [-0.39, 0.29) is 5.75 Å². The highest BCUT2D eigenvalue weighted by atomic mass is 16.6. The normalized spacial score (nSPS) is 20.1. The van der Waals surface area contributed by atoms with Crippen molar-refractivity contribution in [1.29, 1.82) is 0 Å². The lowest BCUT2D eigenvalue weighted by molar-refractivity contribution is -0.120. The van der Waals surface area contributed by atoms with E-state index in [1.165, 1.54) is 0 Å². The number of amides is 1. The van der Waals surface area contributed by atoms with Gasteiger partial charge in [-0.2, -0.15) is 0 Å². The number of nitrogens with two attached hydrogens (primary N) is 1. The summed E-state index contributed by atoms with van der Waals surface area (Å²) in [5.74, 6) is 1.29. The molecule has 1 fully saturated rings. The fourth-order valence-corrected chi connectivity index (χ4v) is 5.42. The molecular weight excluding hydrogens is 594 g/mol. The molecular formula is C33H41N5O8. The summed E-state index contributed by atoms with van der Waals surface area (Å²) in [5.41, 5.74) is 8.73. The van der Waals surface area contributed by atoms with Crippen LogP contribution in [0.15, 0.2) is 66.7 Å². The van der Waals surface area contributed by atoms with Crippen LogP contribution in [0.4, 0.5) is 5.95 Å². The van der Waals surface area contributed by atoms with Crippen molar-refractivity contribution in [2.24, 2.45) is 5.73 Å². The minimum absolute atomic E-state index is 0.159. The Bertz CT molecular complexity index is 1600. The van der Waals surface area contributed by atoms with Gasteiger partial charge in [0.05, 0.1) is 36.9 Å². The number of aromatic nitrogens is 2. The molecule has 1 aliphatic rings. The highest BCUT2D eigenvalue weighted by Crippen LogP contribution is 2.35. The number of imidazole rings is 1. The molecule has 13 nitrogen and oxygen atoms in total. The van der Waals surface area contributed by atoms with Crippen molar-refractivity contribution >= 4 is 22.9 Å². The topological polar surface area (TPSA) is 194 Å². The molecule has 8 N–H and O–H groups in total. The minimum atomic E-state index is -1.26. The molecule has 3 aromatic carbocycles. The number of rotatable bonds is 16. The number of anilines is 1. The van der Waals surface area contributed by atoms with Crippen LogP contribution in [-0.2, 0) is 22.5 Å². The van der Waals surface area contributed by atoms with E-state index in [1.54, 1.807) is 28.8 Å². The molecule has 0 radical (unpaired) electrons. The third-order valence-electron chi connectivity index (χ3n) is 7.82. The number of hydrogen-bond acceptors (Lipinski definition) is 11. The molecule has 13 heteroatoms. The first-order valence-electron chi connectivity index (χ1n) is 15.3. The van der Waals surface area contributed by atoms with E-state index in [0.29, 0.717) is 67.6 Å². The van der Waals surface area contributed by atoms with Crippen LogP contribution in [0.5, 0.6) is 17.2 Å². The van der Waals surface area contributed by atoms with Gasteiger partial charge in [-0.05, 0) is 73.8 Å². The van der Waals surface area contributed by atoms with Gasteiger partial charge in [0.15, 0.2) is 17.7 Å². The Balaban J connectivity index is 1.22. The van der Waals surface area contributed by atoms with Gasteiger partial charge in [0, 0.05) is 6.54 Å². The molecule has 2 heterocycles. The lowest BCUT2D eigenvalue weighted by Gasteiger charge is -2.20. The van der Waals surface area contributed by atoms with Gasteiger partial charge in [-0.1, -0.05) is 30.3 Å². The van der Waals surface area contributed by atoms with Gasteiger partial charge in [0.25, 0.3) is 0 Å². The molecule has 0 unspecified atom stereocenters. The largest absolute Gasteiger partial charge is 0.508 e. The number of carbonyl (C=O) groups excluding carboxylic acids is 1. The lowest BCUT2D eigenvalue weighted by atomic mass is 10.1. The Morgan fingerprint density at radius 1 is 1.04 bits per heavy atom. The smallest absolute Gasteiger partial charge is 0.234 e. The third-order valence-corrected chi connectivity index (χ3v) is 7.82. The summed E-state index contributed by atoms with van der Waals surface area (Å²) < 4.78 is 19.4. The minimum Gasteiger partial charge on any atom is -0.508 e. The number of benzene rings is 3. The Morgan fingerprint density at radius 2 is 1.80 bits per heavy atom. The molecule has 5 atom stereocenters. The van der Waals surface area contributed by atoms with Crippen molar-refractivity contribution in [2.75, 3.05) is 31.7 Å². The predicted molar refractivity (Wildman–Crippen MR) is 171 cm³/mol. The molecule has 5 rings (SSSR count). The summed E-state index contributed by atoms with van der Waals surface area (Å²) in [6, 6.07) is 19.1. The zero-order chi connectivity index (χ0) is 32.6. The quantitative estimate of drug-likeness (QED) is 0.0888. The number of carbonyl (C=O) groups is 1. The monoisotopic (exact) mass is 635 g/mol. The van der Waals surface area contributed by atoms with Crippen molar-refractivity contribution in [1.82, 2.24) is 14.9 Å². The Morgan fingerprint density at radius 3 is 2.52 bits per heavy atom. The van der Waals surface area contributed by atoms with E-state index >= 15 is 0 Å². The van der Waals surface area contributed by atoms with Gasteiger partial charge < -0.3 is 51.0 Å². The van der Waals surface area contributed by atoms with E-state index in [2.05, 4.69) is 15.6 Å². The predicted octanol–water partition coefficient (Wildman–Crippen LogP) is 1.82. The Hall–Kier alpha value is -4.40. The third kappa shape index (κ3) is 7.69. The lowest BCUT2D eigenvalue weighted by Crippen LogP contribution is -2.43. The van der Waals surface area contributed by atoms with Crippen LogP contribution in [0.1, 0.15) is 30.7 Å². The van der Waals surface area contributed by atoms with E-state index in [1.807, 2.05) is 49.4 Å². The van der Waals surface area contributed by atoms with Crippen molar-refractivity contribution in [3.05, 3.63) is 77.9 Å². The molecule has 0 bridgehead atoms. The molecule has 1 saturated heterocycles. The first-order chi connectivity index (χ1) is 22.3. The van der Waals surface area contributed by atoms with Gasteiger partial charge >= 0.3 is 0 Å². The van der Waals surface area contributed by atoms with Crippen LogP contribution in [-0.4, -0.2) is 86.6 Å². The van der Waals surface area contributed by atoms with Crippen LogP contribution >= 0.6 is 0 Å². The number of nitrogens with one attached hydrogen (secondary N) is 2. The molecule has 0 spiro atoms. The second kappa shape index (κ2) is 15.3. The van der Waals surface area contributed by atoms with Crippen molar-refractivity contribution in [2.45, 2.75) is 56.9 Å². The summed E-state index contributed by atoms with van der Waals surface area (Å²) in [7, 11) is 0. The molecule has 246 valence electrons. The van der Waals surface area contributed by atoms with E-state index in [0.717, 1.165) is 11.1 Å². The molecule has 1 aliphatic heterocycles. The molecule has 1 aromatic heterocycles. The van der Waals surface area contributed by atoms with Crippen molar-refractivity contribution in [3.8, 4) is 17.2 Å². The van der Waals surface area contributed by atoms with E-state index in [4.69, 9.17) is 19.9 Å². The van der Waals surface area contributed by atoms with E-state index < -0.39 is 43.1 Å². The summed E-state index contributed by atoms with van der Waals surface area (Å²) >= 11 is 0. The number of nitrogens with zero attached hydrogens (tertiary/aromatic N) is 2. The maximum absolute atomic E-state index is 12.0. The Labute approximate surface area is 266 Å². The summed E-state index contributed by atoms with van der Waals surface area (Å²) in [6.45, 7) is 3.12. The number of fused-ring (bicyclic) bond motifs is 1. The summed E-state index contributed by atoms with van der Waals surface area (Å²) in [4.78, 5) is 16.7. The number of aromatic hydroxyl groups is 1. The van der Waals surface area contributed by atoms with Gasteiger partial charge in [-0.25, -0.2) is 4.98 Å². The number of para-hydroxylation sites is 2. The standard InChI is InChI=1S/C33H41N5O8/c1-2-44-26-13-10-21(17-27(26)45-15-5-14-35-24(31(34)43)16-20-8-11-22(40)12-9-20)18-36-33-37-23-6-3-4-7-25(23)38(33)32-30(42)29(41)28(19-39)46-32/h3-4,6-13,17,24,28-30,32,35,39-42H,2,5,14-16,18-19H2,1H3,(H2,34,43)(H,36,37)/t24-,28+,29+,30+,32+/m0/s1. The van der Waals surface area contributed by atoms with Crippen LogP contribution in [0.3, 0.4) is 0 Å². The Kier molecular flexibility index (Phi) is 10.9. The number of aliphatic hydroxyl groups excluding tert-OH is 3. The first-order valence-corrected chi connectivity index (χ1v) is 15.3. The number of ether oxygens (including phenoxy) is 3. The zero-order valence-corrected chi connectivity index (χ0v) is 25.6. The SMILES string of the molecule is CCOc1ccc(CNc2nc3ccccc3n2[C@@H]2O[C@H](CO)[C@@H](O)[C@H]2O)cc1OCCCN[C@@H](Cc1ccc(O)cc1)C(N)=O. The molecule has 0 aliphatic carbocycles. The number of hydrogen-bond donors (Lipinski definition) is 7.